The molecule has 2 aromatic carbocycles. The van der Waals surface area contributed by atoms with Gasteiger partial charge in [-0.15, -0.1) is 5.10 Å². The minimum Gasteiger partial charge on any atom is -0.289 e. The average Bonchev–Trinajstić information content (AvgIpc) is 3.02. The Morgan fingerprint density at radius 2 is 1.83 bits per heavy atom. The van der Waals surface area contributed by atoms with Gasteiger partial charge in [0.25, 0.3) is 5.91 Å². The van der Waals surface area contributed by atoms with E-state index in [4.69, 9.17) is 0 Å². The van der Waals surface area contributed by atoms with Gasteiger partial charge in [0.15, 0.2) is 0 Å². The van der Waals surface area contributed by atoms with Crippen molar-refractivity contribution in [2.24, 2.45) is 0 Å². The van der Waals surface area contributed by atoms with Gasteiger partial charge >= 0.3 is 0 Å². The van der Waals surface area contributed by atoms with Crippen LogP contribution in [0.15, 0.2) is 65.8 Å². The Hall–Kier alpha value is -2.80. The van der Waals surface area contributed by atoms with Gasteiger partial charge in [-0.1, -0.05) is 30.3 Å². The number of nitrogens with one attached hydrogen (secondary N) is 1. The van der Waals surface area contributed by atoms with Crippen LogP contribution in [-0.4, -0.2) is 31.1 Å². The summed E-state index contributed by atoms with van der Waals surface area (Å²) < 4.78 is 13.0. The highest BCUT2D eigenvalue weighted by Gasteiger charge is 2.10. The molecule has 0 fully saturated rings. The van der Waals surface area contributed by atoms with E-state index in [1.807, 2.05) is 30.3 Å². The van der Waals surface area contributed by atoms with E-state index in [9.17, 15) is 9.00 Å². The summed E-state index contributed by atoms with van der Waals surface area (Å²) in [5.74, 6) is -0.0556. The maximum absolute atomic E-state index is 12.2. The number of rotatable bonds is 5. The summed E-state index contributed by atoms with van der Waals surface area (Å²) in [4.78, 5) is 17.0. The second-order valence-electron chi connectivity index (χ2n) is 5.18. The normalized spacial score (nSPS) is 11.9. The maximum Gasteiger partial charge on any atom is 0.258 e. The van der Waals surface area contributed by atoms with Crippen LogP contribution < -0.4 is 5.32 Å². The first-order valence-corrected chi connectivity index (χ1v) is 8.86. The van der Waals surface area contributed by atoms with Crippen molar-refractivity contribution in [3.63, 3.8) is 0 Å². The number of aromatic nitrogens is 3. The Morgan fingerprint density at radius 3 is 2.50 bits per heavy atom. The number of hydrogen-bond donors (Lipinski definition) is 1. The highest BCUT2D eigenvalue weighted by atomic mass is 32.2. The van der Waals surface area contributed by atoms with Crippen molar-refractivity contribution in [1.29, 1.82) is 0 Å². The number of nitrogens with zero attached hydrogens (tertiary/aromatic N) is 3. The summed E-state index contributed by atoms with van der Waals surface area (Å²) in [6, 6.07) is 16.5. The molecule has 6 nitrogen and oxygen atoms in total. The van der Waals surface area contributed by atoms with Gasteiger partial charge in [-0.25, -0.2) is 9.67 Å². The molecular weight excluding hydrogens is 324 g/mol. The first kappa shape index (κ1) is 16.1. The van der Waals surface area contributed by atoms with Gasteiger partial charge in [0.2, 0.25) is 5.95 Å². The summed E-state index contributed by atoms with van der Waals surface area (Å²) in [5.41, 5.74) is 1.56. The number of anilines is 1. The van der Waals surface area contributed by atoms with Gasteiger partial charge in [-0.3, -0.25) is 14.3 Å². The van der Waals surface area contributed by atoms with Gasteiger partial charge in [0.1, 0.15) is 6.33 Å². The van der Waals surface area contributed by atoms with Crippen LogP contribution in [-0.2, 0) is 17.3 Å². The lowest BCUT2D eigenvalue weighted by atomic mass is 10.2. The lowest BCUT2D eigenvalue weighted by molar-refractivity contribution is 0.102. The smallest absolute Gasteiger partial charge is 0.258 e. The fraction of sp³-hybridized carbons (Fsp3) is 0.118. The van der Waals surface area contributed by atoms with E-state index >= 15 is 0 Å². The second-order valence-corrected chi connectivity index (χ2v) is 6.56. The second kappa shape index (κ2) is 7.18. The molecule has 1 atom stereocenters. The van der Waals surface area contributed by atoms with Crippen molar-refractivity contribution >= 4 is 22.7 Å². The molecule has 24 heavy (non-hydrogen) atoms. The minimum atomic E-state index is -1.06. The van der Waals surface area contributed by atoms with Crippen LogP contribution >= 0.6 is 0 Å². The van der Waals surface area contributed by atoms with Crippen molar-refractivity contribution in [3.8, 4) is 0 Å². The first-order valence-electron chi connectivity index (χ1n) is 7.30. The van der Waals surface area contributed by atoms with Crippen molar-refractivity contribution < 1.29 is 9.00 Å². The molecule has 0 aliphatic rings. The molecule has 0 aliphatic carbocycles. The quantitative estimate of drug-likeness (QED) is 0.773. The lowest BCUT2D eigenvalue weighted by Crippen LogP contribution is -2.13. The van der Waals surface area contributed by atoms with Crippen molar-refractivity contribution in [1.82, 2.24) is 14.8 Å². The van der Waals surface area contributed by atoms with Gasteiger partial charge in [0.05, 0.1) is 6.54 Å². The maximum atomic E-state index is 12.2. The summed E-state index contributed by atoms with van der Waals surface area (Å²) in [6.45, 7) is 0.584. The Morgan fingerprint density at radius 1 is 1.12 bits per heavy atom. The van der Waals surface area contributed by atoms with Gasteiger partial charge in [-0.05, 0) is 29.8 Å². The largest absolute Gasteiger partial charge is 0.289 e. The van der Waals surface area contributed by atoms with Crippen molar-refractivity contribution in [3.05, 3.63) is 72.1 Å². The summed E-state index contributed by atoms with van der Waals surface area (Å²) >= 11 is 0. The molecule has 7 heteroatoms. The number of carbonyl (C=O) groups excluding carboxylic acids is 1. The molecule has 122 valence electrons. The monoisotopic (exact) mass is 340 g/mol. The van der Waals surface area contributed by atoms with E-state index in [0.29, 0.717) is 17.0 Å². The van der Waals surface area contributed by atoms with Crippen LogP contribution in [0, 0.1) is 0 Å². The third-order valence-corrected chi connectivity index (χ3v) is 4.33. The Bertz CT molecular complexity index is 860. The molecule has 1 heterocycles. The van der Waals surface area contributed by atoms with Crippen LogP contribution in [0.2, 0.25) is 0 Å². The minimum absolute atomic E-state index is 0.249. The summed E-state index contributed by atoms with van der Waals surface area (Å²) in [7, 11) is -1.06. The van der Waals surface area contributed by atoms with Crippen molar-refractivity contribution in [2.45, 2.75) is 11.4 Å². The summed E-state index contributed by atoms with van der Waals surface area (Å²) in [5, 5.41) is 6.90. The van der Waals surface area contributed by atoms with E-state index in [-0.39, 0.29) is 11.9 Å². The van der Waals surface area contributed by atoms with Crippen LogP contribution in [0.3, 0.4) is 0 Å². The molecular formula is C17H16N4O2S. The van der Waals surface area contributed by atoms with E-state index in [2.05, 4.69) is 15.4 Å². The first-order chi connectivity index (χ1) is 11.6. The van der Waals surface area contributed by atoms with Crippen LogP contribution in [0.25, 0.3) is 0 Å². The highest BCUT2D eigenvalue weighted by Crippen LogP contribution is 2.10. The zero-order chi connectivity index (χ0) is 16.9. The molecule has 1 N–H and O–H groups in total. The molecule has 0 unspecified atom stereocenters. The number of benzene rings is 2. The molecule has 1 aromatic heterocycles. The summed E-state index contributed by atoms with van der Waals surface area (Å²) in [6.07, 6.45) is 3.17. The standard InChI is InChI=1S/C17H16N4O2S/c1-24(23)15-9-7-14(8-10-15)16(22)19-17-18-12-21(20-17)11-13-5-3-2-4-6-13/h2-10,12H,11H2,1H3,(H,19,20,22)/t24-/m1/s1. The molecule has 3 aromatic rings. The predicted molar refractivity (Wildman–Crippen MR) is 92.3 cm³/mol. The number of carbonyl (C=O) groups is 1. The van der Waals surface area contributed by atoms with Gasteiger partial charge in [-0.2, -0.15) is 0 Å². The molecule has 0 saturated carbocycles. The molecule has 0 saturated heterocycles. The average molecular weight is 340 g/mol. The number of amides is 1. The molecule has 0 spiro atoms. The zero-order valence-electron chi connectivity index (χ0n) is 13.0. The predicted octanol–water partition coefficient (Wildman–Crippen LogP) is 2.32. The van der Waals surface area contributed by atoms with Crippen molar-refractivity contribution in [2.75, 3.05) is 11.6 Å². The third-order valence-electron chi connectivity index (χ3n) is 3.40. The molecule has 0 bridgehead atoms. The van der Waals surface area contributed by atoms with Crippen LogP contribution in [0.4, 0.5) is 5.95 Å². The number of hydrogen-bond acceptors (Lipinski definition) is 4. The zero-order valence-corrected chi connectivity index (χ0v) is 13.9. The van der Waals surface area contributed by atoms with Crippen LogP contribution in [0.5, 0.6) is 0 Å². The Balaban J connectivity index is 1.65. The van der Waals surface area contributed by atoms with Gasteiger partial charge in [0, 0.05) is 27.5 Å². The fourth-order valence-electron chi connectivity index (χ4n) is 2.17. The third kappa shape index (κ3) is 3.94. The topological polar surface area (TPSA) is 76.9 Å². The molecule has 0 aliphatic heterocycles. The van der Waals surface area contributed by atoms with E-state index in [1.165, 1.54) is 0 Å². The lowest BCUT2D eigenvalue weighted by Gasteiger charge is -2.03. The SMILES string of the molecule is C[S@@](=O)c1ccc(C(=O)Nc2ncn(Cc3ccccc3)n2)cc1. The Labute approximate surface area is 142 Å². The highest BCUT2D eigenvalue weighted by molar-refractivity contribution is 7.84. The molecule has 3 rings (SSSR count). The fourth-order valence-corrected chi connectivity index (χ4v) is 2.69. The van der Waals surface area contributed by atoms with Gasteiger partial charge < -0.3 is 0 Å². The van der Waals surface area contributed by atoms with E-state index < -0.39 is 10.8 Å². The van der Waals surface area contributed by atoms with Crippen LogP contribution in [0.1, 0.15) is 15.9 Å². The molecule has 1 amide bonds. The Kier molecular flexibility index (Phi) is 4.81. The van der Waals surface area contributed by atoms with E-state index in [0.717, 1.165) is 5.56 Å². The van der Waals surface area contributed by atoms with E-state index in [1.54, 1.807) is 41.5 Å². The molecule has 0 radical (unpaired) electrons.